The molecule has 1 N–H and O–H groups in total. The highest BCUT2D eigenvalue weighted by Gasteiger charge is 2.59. The van der Waals surface area contributed by atoms with Crippen LogP contribution in [0.1, 0.15) is 65.4 Å². The van der Waals surface area contributed by atoms with Crippen LogP contribution in [0.2, 0.25) is 0 Å². The van der Waals surface area contributed by atoms with Crippen LogP contribution in [-0.4, -0.2) is 91.7 Å². The van der Waals surface area contributed by atoms with Crippen molar-refractivity contribution in [2.75, 3.05) is 38.2 Å². The maximum Gasteiger partial charge on any atom is 0.222 e. The topological polar surface area (TPSA) is 97.0 Å². The summed E-state index contributed by atoms with van der Waals surface area (Å²) in [5, 5.41) is 3.49. The highest BCUT2D eigenvalue weighted by molar-refractivity contribution is 5.76. The molecule has 0 aliphatic carbocycles. The maximum absolute atomic E-state index is 12.8. The van der Waals surface area contributed by atoms with E-state index in [0.29, 0.717) is 26.1 Å². The Hall–Kier alpha value is -1.79. The Morgan fingerprint density at radius 2 is 1.60 bits per heavy atom. The predicted octanol–water partition coefficient (Wildman–Crippen LogP) is 3.57. The summed E-state index contributed by atoms with van der Waals surface area (Å²) >= 11 is 0. The van der Waals surface area contributed by atoms with Crippen molar-refractivity contribution in [2.24, 2.45) is 0 Å². The Morgan fingerprint density at radius 1 is 0.900 bits per heavy atom. The molecule has 5 aliphatic heterocycles. The number of hydrogen-bond donors (Lipinski definition) is 1. The number of carbonyl (C=O) groups excluding carboxylic acids is 1. The average molecular weight is 561 g/mol. The highest BCUT2D eigenvalue weighted by Crippen LogP contribution is 2.42. The molecule has 5 fully saturated rings. The van der Waals surface area contributed by atoms with Gasteiger partial charge in [0.05, 0.1) is 19.8 Å². The Balaban J connectivity index is 0.978. The minimum atomic E-state index is -0.694. The van der Waals surface area contributed by atoms with Crippen LogP contribution in [-0.2, 0) is 44.4 Å². The SMILES string of the molecule is CC1(C)OCC(C2OC(Nc3ccc(CCCC(=O)N4CCC5(CC4)OCCCO5)cc3)[C@H]3OC(C)(C)O[C@@H]23)O1. The number of amides is 1. The van der Waals surface area contributed by atoms with E-state index < -0.39 is 17.4 Å². The molecule has 5 aliphatic rings. The maximum atomic E-state index is 12.8. The molecule has 10 heteroatoms. The summed E-state index contributed by atoms with van der Waals surface area (Å²) in [6, 6.07) is 8.31. The van der Waals surface area contributed by atoms with Gasteiger partial charge in [0.1, 0.15) is 24.4 Å². The molecule has 5 heterocycles. The molecule has 0 bridgehead atoms. The highest BCUT2D eigenvalue weighted by atomic mass is 16.8. The fourth-order valence-corrected chi connectivity index (χ4v) is 6.46. The Bertz CT molecular complexity index is 1030. The molecule has 5 saturated heterocycles. The van der Waals surface area contributed by atoms with Gasteiger partial charge >= 0.3 is 0 Å². The van der Waals surface area contributed by atoms with Crippen LogP contribution >= 0.6 is 0 Å². The van der Waals surface area contributed by atoms with Gasteiger partial charge in [0.2, 0.25) is 5.91 Å². The molecule has 0 aromatic heterocycles. The quantitative estimate of drug-likeness (QED) is 0.537. The molecule has 0 radical (unpaired) electrons. The van der Waals surface area contributed by atoms with E-state index in [9.17, 15) is 4.79 Å². The summed E-state index contributed by atoms with van der Waals surface area (Å²) in [4.78, 5) is 14.7. The summed E-state index contributed by atoms with van der Waals surface area (Å²) in [5.41, 5.74) is 2.14. The standard InChI is InChI=1S/C30H44N2O8/c1-28(2)36-19-22(38-28)24-25-26(40-29(3,4)39-25)27(37-24)31-21-11-9-20(10-12-21)7-5-8-23(33)32-15-13-30(14-16-32)34-17-6-18-35-30/h9-12,22,24-27,31H,5-8,13-19H2,1-4H3/t22?,24?,25-,26-,27?/m0/s1. The molecule has 1 amide bonds. The third-order valence-corrected chi connectivity index (χ3v) is 8.50. The van der Waals surface area contributed by atoms with Crippen molar-refractivity contribution in [2.45, 2.75) is 114 Å². The molecule has 1 spiro atoms. The number of anilines is 1. The van der Waals surface area contributed by atoms with Crippen LogP contribution in [0.25, 0.3) is 0 Å². The zero-order valence-corrected chi connectivity index (χ0v) is 24.2. The van der Waals surface area contributed by atoms with Crippen LogP contribution in [0.15, 0.2) is 24.3 Å². The number of benzene rings is 1. The Morgan fingerprint density at radius 3 is 2.27 bits per heavy atom. The van der Waals surface area contributed by atoms with Crippen molar-refractivity contribution in [3.05, 3.63) is 29.8 Å². The number of nitrogens with one attached hydrogen (secondary N) is 1. The van der Waals surface area contributed by atoms with Crippen LogP contribution in [0, 0.1) is 0 Å². The van der Waals surface area contributed by atoms with Crippen LogP contribution in [0.5, 0.6) is 0 Å². The fraction of sp³-hybridized carbons (Fsp3) is 0.767. The summed E-state index contributed by atoms with van der Waals surface area (Å²) < 4.78 is 42.5. The smallest absolute Gasteiger partial charge is 0.222 e. The number of aryl methyl sites for hydroxylation is 1. The first kappa shape index (κ1) is 28.3. The lowest BCUT2D eigenvalue weighted by molar-refractivity contribution is -0.282. The first-order valence-corrected chi connectivity index (χ1v) is 14.8. The number of carbonyl (C=O) groups is 1. The van der Waals surface area contributed by atoms with Crippen molar-refractivity contribution >= 4 is 11.6 Å². The lowest BCUT2D eigenvalue weighted by atomic mass is 10.0. The molecule has 6 rings (SSSR count). The first-order chi connectivity index (χ1) is 19.1. The van der Waals surface area contributed by atoms with Crippen LogP contribution in [0.4, 0.5) is 5.69 Å². The molecule has 10 nitrogen and oxygen atoms in total. The molecule has 1 aromatic carbocycles. The van der Waals surface area contributed by atoms with Gasteiger partial charge in [-0.15, -0.1) is 0 Å². The summed E-state index contributed by atoms with van der Waals surface area (Å²) in [5.74, 6) is -1.58. The van der Waals surface area contributed by atoms with Gasteiger partial charge in [0, 0.05) is 38.0 Å². The van der Waals surface area contributed by atoms with E-state index in [1.54, 1.807) is 0 Å². The monoisotopic (exact) mass is 560 g/mol. The van der Waals surface area contributed by atoms with E-state index in [1.807, 2.05) is 32.6 Å². The lowest BCUT2D eigenvalue weighted by Crippen LogP contribution is -2.51. The normalized spacial score (nSPS) is 34.2. The van der Waals surface area contributed by atoms with Gasteiger partial charge in [0.15, 0.2) is 23.6 Å². The van der Waals surface area contributed by atoms with Crippen molar-refractivity contribution in [3.8, 4) is 0 Å². The van der Waals surface area contributed by atoms with Gasteiger partial charge < -0.3 is 43.4 Å². The predicted molar refractivity (Wildman–Crippen MR) is 145 cm³/mol. The first-order valence-electron chi connectivity index (χ1n) is 14.8. The van der Waals surface area contributed by atoms with Gasteiger partial charge in [-0.05, 0) is 64.7 Å². The van der Waals surface area contributed by atoms with Crippen LogP contribution in [0.3, 0.4) is 0 Å². The lowest BCUT2D eigenvalue weighted by Gasteiger charge is -2.43. The number of ether oxygens (including phenoxy) is 7. The van der Waals surface area contributed by atoms with E-state index in [4.69, 9.17) is 33.2 Å². The van der Waals surface area contributed by atoms with Gasteiger partial charge in [-0.25, -0.2) is 0 Å². The van der Waals surface area contributed by atoms with Crippen molar-refractivity contribution in [1.82, 2.24) is 4.90 Å². The second-order valence-corrected chi connectivity index (χ2v) is 12.5. The molecule has 0 saturated carbocycles. The second-order valence-electron chi connectivity index (χ2n) is 12.5. The third-order valence-electron chi connectivity index (χ3n) is 8.50. The van der Waals surface area contributed by atoms with Gasteiger partial charge in [0.25, 0.3) is 0 Å². The van der Waals surface area contributed by atoms with Gasteiger partial charge in [-0.3, -0.25) is 4.79 Å². The minimum Gasteiger partial charge on any atom is -0.358 e. The van der Waals surface area contributed by atoms with E-state index in [-0.39, 0.29) is 36.6 Å². The van der Waals surface area contributed by atoms with Crippen molar-refractivity contribution in [1.29, 1.82) is 0 Å². The molecule has 40 heavy (non-hydrogen) atoms. The summed E-state index contributed by atoms with van der Waals surface area (Å²) in [6.45, 7) is 11.0. The fourth-order valence-electron chi connectivity index (χ4n) is 6.46. The summed E-state index contributed by atoms with van der Waals surface area (Å²) in [6.07, 6.45) is 3.27. The molecule has 5 atom stereocenters. The zero-order valence-electron chi connectivity index (χ0n) is 24.2. The molecule has 3 unspecified atom stereocenters. The third kappa shape index (κ3) is 6.18. The largest absolute Gasteiger partial charge is 0.358 e. The Labute approximate surface area is 236 Å². The molecular weight excluding hydrogens is 516 g/mol. The number of rotatable bonds is 7. The second kappa shape index (κ2) is 11.1. The van der Waals surface area contributed by atoms with Crippen molar-refractivity contribution in [3.63, 3.8) is 0 Å². The van der Waals surface area contributed by atoms with E-state index in [1.165, 1.54) is 5.56 Å². The number of piperidine rings is 1. The molecular formula is C30H44N2O8. The molecule has 1 aromatic rings. The van der Waals surface area contributed by atoms with Crippen molar-refractivity contribution < 1.29 is 38.0 Å². The molecule has 222 valence electrons. The number of likely N-dealkylation sites (tertiary alicyclic amines) is 1. The van der Waals surface area contributed by atoms with Crippen LogP contribution < -0.4 is 5.32 Å². The zero-order chi connectivity index (χ0) is 28.0. The number of nitrogens with zero attached hydrogens (tertiary/aromatic N) is 1. The van der Waals surface area contributed by atoms with E-state index in [2.05, 4.69) is 29.6 Å². The van der Waals surface area contributed by atoms with Gasteiger partial charge in [-0.1, -0.05) is 12.1 Å². The average Bonchev–Trinajstić information content (AvgIpc) is 3.55. The summed E-state index contributed by atoms with van der Waals surface area (Å²) in [7, 11) is 0. The number of hydrogen-bond acceptors (Lipinski definition) is 9. The Kier molecular flexibility index (Phi) is 7.88. The minimum absolute atomic E-state index is 0.216. The number of fused-ring (bicyclic) bond motifs is 1. The van der Waals surface area contributed by atoms with Gasteiger partial charge in [-0.2, -0.15) is 0 Å². The van der Waals surface area contributed by atoms with E-state index >= 15 is 0 Å². The van der Waals surface area contributed by atoms with E-state index in [0.717, 1.165) is 51.0 Å².